The van der Waals surface area contributed by atoms with Crippen LogP contribution in [0.3, 0.4) is 0 Å². The van der Waals surface area contributed by atoms with Crippen molar-refractivity contribution in [1.29, 1.82) is 0 Å². The van der Waals surface area contributed by atoms with Gasteiger partial charge >= 0.3 is 5.97 Å². The van der Waals surface area contributed by atoms with Crippen LogP contribution in [-0.4, -0.2) is 36.8 Å². The first kappa shape index (κ1) is 27.2. The second-order valence-electron chi connectivity index (χ2n) is 8.41. The molecule has 0 radical (unpaired) electrons. The van der Waals surface area contributed by atoms with Crippen LogP contribution in [0.2, 0.25) is 0 Å². The summed E-state index contributed by atoms with van der Waals surface area (Å²) < 4.78 is 11.8. The SMILES string of the molecule is CO/N=C(\COc1ccc(COc2ccc(C(CC(=O)O)C([NH3+])=CC=O)cc2)cc1)c1cccc(C)c1. The van der Waals surface area contributed by atoms with Crippen LogP contribution < -0.4 is 15.2 Å². The van der Waals surface area contributed by atoms with Gasteiger partial charge in [-0.15, -0.1) is 0 Å². The Morgan fingerprint density at radius 3 is 2.32 bits per heavy atom. The van der Waals surface area contributed by atoms with Gasteiger partial charge in [-0.1, -0.05) is 53.2 Å². The monoisotopic (exact) mass is 503 g/mol. The van der Waals surface area contributed by atoms with E-state index >= 15 is 0 Å². The normalized spacial score (nSPS) is 12.5. The molecule has 0 heterocycles. The summed E-state index contributed by atoms with van der Waals surface area (Å²) in [5, 5.41) is 13.3. The smallest absolute Gasteiger partial charge is 0.304 e. The van der Waals surface area contributed by atoms with Gasteiger partial charge in [-0.05, 0) is 48.4 Å². The molecule has 8 heteroatoms. The molecule has 4 N–H and O–H groups in total. The van der Waals surface area contributed by atoms with Gasteiger partial charge in [0.1, 0.15) is 49.5 Å². The summed E-state index contributed by atoms with van der Waals surface area (Å²) in [6, 6.07) is 22.7. The Hall–Kier alpha value is -4.43. The lowest BCUT2D eigenvalue weighted by atomic mass is 9.92. The number of aryl methyl sites for hydroxylation is 1. The van der Waals surface area contributed by atoms with Crippen molar-refractivity contribution in [2.75, 3.05) is 13.7 Å². The molecular weight excluding hydrogens is 472 g/mol. The molecule has 0 saturated carbocycles. The summed E-state index contributed by atoms with van der Waals surface area (Å²) in [6.45, 7) is 2.63. The lowest BCUT2D eigenvalue weighted by Gasteiger charge is -2.14. The zero-order valence-corrected chi connectivity index (χ0v) is 20.9. The molecule has 0 bridgehead atoms. The second kappa shape index (κ2) is 13.6. The van der Waals surface area contributed by atoms with E-state index in [1.54, 1.807) is 24.3 Å². The summed E-state index contributed by atoms with van der Waals surface area (Å²) in [5.41, 5.74) is 8.75. The highest BCUT2D eigenvalue weighted by atomic mass is 16.6. The Balaban J connectivity index is 1.57. The van der Waals surface area contributed by atoms with E-state index in [0.29, 0.717) is 35.8 Å². The largest absolute Gasteiger partial charge is 0.489 e. The van der Waals surface area contributed by atoms with E-state index in [0.717, 1.165) is 22.3 Å². The van der Waals surface area contributed by atoms with Gasteiger partial charge in [-0.25, -0.2) is 0 Å². The summed E-state index contributed by atoms with van der Waals surface area (Å²) in [5.74, 6) is -0.108. The van der Waals surface area contributed by atoms with Crippen molar-refractivity contribution in [1.82, 2.24) is 0 Å². The van der Waals surface area contributed by atoms with Crippen molar-refractivity contribution in [2.24, 2.45) is 5.16 Å². The molecule has 3 aromatic rings. The molecule has 37 heavy (non-hydrogen) atoms. The van der Waals surface area contributed by atoms with Gasteiger partial charge in [-0.2, -0.15) is 0 Å². The van der Waals surface area contributed by atoms with Crippen molar-refractivity contribution in [3.05, 3.63) is 107 Å². The maximum Gasteiger partial charge on any atom is 0.304 e. The maximum absolute atomic E-state index is 11.2. The van der Waals surface area contributed by atoms with Gasteiger partial charge in [0, 0.05) is 11.6 Å². The number of hydrogen-bond donors (Lipinski definition) is 2. The molecule has 1 unspecified atom stereocenters. The van der Waals surface area contributed by atoms with Gasteiger partial charge in [0.05, 0.1) is 12.3 Å². The number of quaternary nitrogens is 1. The fourth-order valence-corrected chi connectivity index (χ4v) is 3.73. The zero-order chi connectivity index (χ0) is 26.6. The number of aliphatic carboxylic acids is 1. The lowest BCUT2D eigenvalue weighted by molar-refractivity contribution is -0.310. The minimum Gasteiger partial charge on any atom is -0.489 e. The highest BCUT2D eigenvalue weighted by Crippen LogP contribution is 2.26. The molecule has 3 aromatic carbocycles. The number of carboxylic acid groups (broad SMARTS) is 1. The third-order valence-electron chi connectivity index (χ3n) is 5.65. The first-order valence-electron chi connectivity index (χ1n) is 11.7. The molecule has 0 spiro atoms. The van der Waals surface area contributed by atoms with Crippen molar-refractivity contribution in [3.63, 3.8) is 0 Å². The quantitative estimate of drug-likeness (QED) is 0.158. The molecule has 0 aliphatic rings. The predicted molar refractivity (Wildman–Crippen MR) is 139 cm³/mol. The van der Waals surface area contributed by atoms with Crippen LogP contribution in [0.25, 0.3) is 0 Å². The van der Waals surface area contributed by atoms with E-state index in [9.17, 15) is 14.7 Å². The average molecular weight is 504 g/mol. The Bertz CT molecular complexity index is 1250. The Labute approximate surface area is 216 Å². The van der Waals surface area contributed by atoms with Crippen LogP contribution in [0, 0.1) is 6.92 Å². The Morgan fingerprint density at radius 1 is 1.03 bits per heavy atom. The highest BCUT2D eigenvalue weighted by Gasteiger charge is 2.21. The fraction of sp³-hybridized carbons (Fsp3) is 0.207. The van der Waals surface area contributed by atoms with Crippen molar-refractivity contribution < 1.29 is 34.7 Å². The molecule has 0 saturated heterocycles. The number of allylic oxidation sites excluding steroid dienone is 2. The summed E-state index contributed by atoms with van der Waals surface area (Å²) in [6.07, 6.45) is 1.75. The average Bonchev–Trinajstić information content (AvgIpc) is 2.89. The number of carboxylic acids is 1. The van der Waals surface area contributed by atoms with Crippen LogP contribution in [0.15, 0.2) is 89.7 Å². The number of carbonyl (C=O) groups is 2. The molecule has 0 fully saturated rings. The first-order valence-corrected chi connectivity index (χ1v) is 11.7. The third kappa shape index (κ3) is 8.33. The maximum atomic E-state index is 11.2. The van der Waals surface area contributed by atoms with Crippen molar-refractivity contribution >= 4 is 18.0 Å². The topological polar surface area (TPSA) is 122 Å². The lowest BCUT2D eigenvalue weighted by Crippen LogP contribution is -2.50. The standard InChI is InChI=1S/C29H30N2O6/c1-20-4-3-5-23(16-20)28(31-35-2)19-37-24-10-6-21(7-11-24)18-36-25-12-8-22(9-13-25)26(17-29(33)34)27(30)14-15-32/h3-16,26H,17-19,30H2,1-2H3,(H,33,34)/p+1/b27-14?,31-28+. The zero-order valence-electron chi connectivity index (χ0n) is 20.9. The van der Waals surface area contributed by atoms with Gasteiger partial charge in [-0.3, -0.25) is 9.59 Å². The summed E-state index contributed by atoms with van der Waals surface area (Å²) in [4.78, 5) is 27.0. The number of benzene rings is 3. The summed E-state index contributed by atoms with van der Waals surface area (Å²) >= 11 is 0. The molecule has 0 aliphatic carbocycles. The number of oxime groups is 1. The number of hydrogen-bond acceptors (Lipinski definition) is 6. The van der Waals surface area contributed by atoms with Crippen LogP contribution in [-0.2, 0) is 21.0 Å². The van der Waals surface area contributed by atoms with Gasteiger partial charge in [0.2, 0.25) is 0 Å². The van der Waals surface area contributed by atoms with Crippen molar-refractivity contribution in [2.45, 2.75) is 25.9 Å². The van der Waals surface area contributed by atoms with Crippen LogP contribution in [0.1, 0.15) is 34.6 Å². The minimum absolute atomic E-state index is 0.151. The van der Waals surface area contributed by atoms with E-state index < -0.39 is 11.9 Å². The van der Waals surface area contributed by atoms with E-state index in [4.69, 9.17) is 14.3 Å². The Kier molecular flexibility index (Phi) is 9.99. The number of carbonyl (C=O) groups excluding carboxylic acids is 1. The molecule has 192 valence electrons. The molecular formula is C29H31N2O6+. The number of ether oxygens (including phenoxy) is 2. The van der Waals surface area contributed by atoms with E-state index in [1.807, 2.05) is 55.5 Å². The van der Waals surface area contributed by atoms with Crippen LogP contribution >= 0.6 is 0 Å². The van der Waals surface area contributed by atoms with E-state index in [-0.39, 0.29) is 13.0 Å². The van der Waals surface area contributed by atoms with Gasteiger partial charge in [0.15, 0.2) is 0 Å². The predicted octanol–water partition coefficient (Wildman–Crippen LogP) is 3.89. The first-order chi connectivity index (χ1) is 17.9. The van der Waals surface area contributed by atoms with E-state index in [2.05, 4.69) is 10.9 Å². The fourth-order valence-electron chi connectivity index (χ4n) is 3.73. The second-order valence-corrected chi connectivity index (χ2v) is 8.41. The number of nitrogens with zero attached hydrogens (tertiary/aromatic N) is 1. The molecule has 3 rings (SSSR count). The third-order valence-corrected chi connectivity index (χ3v) is 5.65. The van der Waals surface area contributed by atoms with Crippen molar-refractivity contribution in [3.8, 4) is 11.5 Å². The molecule has 1 atom stereocenters. The van der Waals surface area contributed by atoms with Crippen LogP contribution in [0.5, 0.6) is 11.5 Å². The number of rotatable bonds is 13. The number of aldehydes is 1. The minimum atomic E-state index is -0.962. The molecule has 0 aromatic heterocycles. The van der Waals surface area contributed by atoms with Gasteiger partial charge < -0.3 is 25.2 Å². The summed E-state index contributed by atoms with van der Waals surface area (Å²) in [7, 11) is 1.51. The highest BCUT2D eigenvalue weighted by molar-refractivity contribution is 6.01. The molecule has 0 aliphatic heterocycles. The van der Waals surface area contributed by atoms with Crippen LogP contribution in [0.4, 0.5) is 0 Å². The molecule has 8 nitrogen and oxygen atoms in total. The Morgan fingerprint density at radius 2 is 1.70 bits per heavy atom. The molecule has 0 amide bonds. The van der Waals surface area contributed by atoms with Gasteiger partial charge in [0.25, 0.3) is 0 Å². The van der Waals surface area contributed by atoms with E-state index in [1.165, 1.54) is 13.2 Å².